The van der Waals surface area contributed by atoms with E-state index >= 15 is 0 Å². The molecule has 0 spiro atoms. The van der Waals surface area contributed by atoms with Crippen LogP contribution in [-0.2, 0) is 17.5 Å². The van der Waals surface area contributed by atoms with Crippen molar-refractivity contribution >= 4 is 22.6 Å². The molecule has 3 aromatic rings. The number of nitrogens with zero attached hydrogens (tertiary/aromatic N) is 3. The van der Waals surface area contributed by atoms with Gasteiger partial charge >= 0.3 is 6.18 Å². The van der Waals surface area contributed by atoms with E-state index < -0.39 is 17.6 Å². The molecule has 8 nitrogen and oxygen atoms in total. The van der Waals surface area contributed by atoms with Crippen LogP contribution in [-0.4, -0.2) is 60.2 Å². The van der Waals surface area contributed by atoms with E-state index in [1.807, 2.05) is 0 Å². The molecule has 1 aliphatic heterocycles. The number of carbonyl (C=O) groups is 1. The molecule has 1 aromatic heterocycles. The molecule has 0 bridgehead atoms. The van der Waals surface area contributed by atoms with Gasteiger partial charge in [0.05, 0.1) is 29.9 Å². The van der Waals surface area contributed by atoms with E-state index in [9.17, 15) is 18.0 Å². The SMILES string of the molecule is COCC1CCCN1CCCOc1cc(C(N)=O)c2ncnc(NCc3ccc(C(F)(F)F)cc3)c2c1. The number of hydrogen-bond donors (Lipinski definition) is 2. The Morgan fingerprint density at radius 3 is 2.70 bits per heavy atom. The number of anilines is 1. The second kappa shape index (κ2) is 11.7. The van der Waals surface area contributed by atoms with Crippen LogP contribution >= 0.6 is 0 Å². The highest BCUT2D eigenvalue weighted by Gasteiger charge is 2.30. The summed E-state index contributed by atoms with van der Waals surface area (Å²) >= 11 is 0. The zero-order chi connectivity index (χ0) is 26.4. The van der Waals surface area contributed by atoms with Gasteiger partial charge in [-0.3, -0.25) is 9.69 Å². The summed E-state index contributed by atoms with van der Waals surface area (Å²) in [6.45, 7) is 3.31. The molecule has 1 fully saturated rings. The molecule has 1 amide bonds. The number of aromatic nitrogens is 2. The fourth-order valence-corrected chi connectivity index (χ4v) is 4.58. The maximum atomic E-state index is 12.8. The van der Waals surface area contributed by atoms with Gasteiger partial charge in [0.25, 0.3) is 5.91 Å². The molecule has 3 N–H and O–H groups in total. The van der Waals surface area contributed by atoms with Crippen molar-refractivity contribution in [2.24, 2.45) is 5.73 Å². The molecule has 0 saturated carbocycles. The van der Waals surface area contributed by atoms with Gasteiger partial charge < -0.3 is 20.5 Å². The Bertz CT molecular complexity index is 1220. The number of likely N-dealkylation sites (tertiary alicyclic amines) is 1. The van der Waals surface area contributed by atoms with Crippen molar-refractivity contribution in [1.82, 2.24) is 14.9 Å². The summed E-state index contributed by atoms with van der Waals surface area (Å²) in [4.78, 5) is 23.0. The minimum Gasteiger partial charge on any atom is -0.493 e. The number of hydrogen-bond acceptors (Lipinski definition) is 7. The van der Waals surface area contributed by atoms with Gasteiger partial charge in [-0.2, -0.15) is 13.2 Å². The zero-order valence-corrected chi connectivity index (χ0v) is 20.6. The average molecular weight is 518 g/mol. The number of alkyl halides is 3. The third kappa shape index (κ3) is 6.66. The number of carbonyl (C=O) groups excluding carboxylic acids is 1. The van der Waals surface area contributed by atoms with Gasteiger partial charge in [-0.1, -0.05) is 12.1 Å². The van der Waals surface area contributed by atoms with Crippen LogP contribution in [0.15, 0.2) is 42.7 Å². The monoisotopic (exact) mass is 517 g/mol. The number of methoxy groups -OCH3 is 1. The Balaban J connectivity index is 1.46. The Morgan fingerprint density at radius 2 is 2.00 bits per heavy atom. The van der Waals surface area contributed by atoms with Gasteiger partial charge in [-0.25, -0.2) is 9.97 Å². The first-order valence-corrected chi connectivity index (χ1v) is 12.1. The quantitative estimate of drug-likeness (QED) is 0.367. The van der Waals surface area contributed by atoms with E-state index in [4.69, 9.17) is 15.2 Å². The topological polar surface area (TPSA) is 103 Å². The van der Waals surface area contributed by atoms with Crippen LogP contribution in [0.3, 0.4) is 0 Å². The van der Waals surface area contributed by atoms with E-state index in [1.54, 1.807) is 19.2 Å². The summed E-state index contributed by atoms with van der Waals surface area (Å²) < 4.78 is 49.8. The number of fused-ring (bicyclic) bond motifs is 1. The molecule has 0 radical (unpaired) electrons. The summed E-state index contributed by atoms with van der Waals surface area (Å²) in [5, 5.41) is 3.65. The first-order chi connectivity index (χ1) is 17.8. The number of rotatable bonds is 11. The Hall–Kier alpha value is -3.44. The third-order valence-corrected chi connectivity index (χ3v) is 6.44. The lowest BCUT2D eigenvalue weighted by molar-refractivity contribution is -0.137. The van der Waals surface area contributed by atoms with Crippen molar-refractivity contribution in [3.8, 4) is 5.75 Å². The van der Waals surface area contributed by atoms with Gasteiger partial charge in [0, 0.05) is 31.6 Å². The van der Waals surface area contributed by atoms with Crippen molar-refractivity contribution in [3.05, 3.63) is 59.4 Å². The van der Waals surface area contributed by atoms with Crippen LogP contribution in [0.25, 0.3) is 10.9 Å². The summed E-state index contributed by atoms with van der Waals surface area (Å²) in [6, 6.07) is 8.61. The molecular formula is C26H30F3N5O3. The van der Waals surface area contributed by atoms with Crippen LogP contribution < -0.4 is 15.8 Å². The second-order valence-electron chi connectivity index (χ2n) is 8.99. The van der Waals surface area contributed by atoms with E-state index in [-0.39, 0.29) is 12.1 Å². The smallest absolute Gasteiger partial charge is 0.416 e. The normalized spacial score (nSPS) is 16.3. The van der Waals surface area contributed by atoms with Crippen LogP contribution in [0.1, 0.15) is 40.7 Å². The molecular weight excluding hydrogens is 487 g/mol. The maximum Gasteiger partial charge on any atom is 0.416 e. The second-order valence-corrected chi connectivity index (χ2v) is 8.99. The largest absolute Gasteiger partial charge is 0.493 e. The van der Waals surface area contributed by atoms with Crippen LogP contribution in [0.5, 0.6) is 5.75 Å². The average Bonchev–Trinajstić information content (AvgIpc) is 3.31. The fourth-order valence-electron chi connectivity index (χ4n) is 4.58. The molecule has 37 heavy (non-hydrogen) atoms. The maximum absolute atomic E-state index is 12.8. The molecule has 11 heteroatoms. The molecule has 1 unspecified atom stereocenters. The van der Waals surface area contributed by atoms with Gasteiger partial charge in [0.15, 0.2) is 0 Å². The molecule has 4 rings (SSSR count). The Kier molecular flexibility index (Phi) is 8.45. The lowest BCUT2D eigenvalue weighted by Crippen LogP contribution is -2.34. The zero-order valence-electron chi connectivity index (χ0n) is 20.6. The lowest BCUT2D eigenvalue weighted by Gasteiger charge is -2.23. The minimum absolute atomic E-state index is 0.201. The highest BCUT2D eigenvalue weighted by molar-refractivity contribution is 6.07. The summed E-state index contributed by atoms with van der Waals surface area (Å²) in [7, 11) is 1.71. The molecule has 0 aliphatic carbocycles. The number of halogens is 3. The standard InChI is InChI=1S/C26H30F3N5O3/c1-36-15-19-4-2-9-34(19)10-3-11-37-20-12-21(24(30)35)23-22(13-20)25(33-16-32-23)31-14-17-5-7-18(8-6-17)26(27,28)29/h5-8,12-13,16,19H,2-4,9-11,14-15H2,1H3,(H2,30,35)(H,31,32,33). The first-order valence-electron chi connectivity index (χ1n) is 12.1. The van der Waals surface area contributed by atoms with E-state index in [0.29, 0.717) is 40.7 Å². The predicted molar refractivity (Wildman–Crippen MR) is 133 cm³/mol. The lowest BCUT2D eigenvalue weighted by atomic mass is 10.1. The van der Waals surface area contributed by atoms with Crippen molar-refractivity contribution in [1.29, 1.82) is 0 Å². The van der Waals surface area contributed by atoms with Gasteiger partial charge in [0.2, 0.25) is 0 Å². The highest BCUT2D eigenvalue weighted by Crippen LogP contribution is 2.30. The van der Waals surface area contributed by atoms with E-state index in [0.717, 1.165) is 51.1 Å². The number of amides is 1. The number of benzene rings is 2. The van der Waals surface area contributed by atoms with Gasteiger partial charge in [-0.15, -0.1) is 0 Å². The molecule has 198 valence electrons. The summed E-state index contributed by atoms with van der Waals surface area (Å²) in [5.74, 6) is 0.225. The van der Waals surface area contributed by atoms with Crippen molar-refractivity contribution in [3.63, 3.8) is 0 Å². The number of nitrogens with two attached hydrogens (primary N) is 1. The summed E-state index contributed by atoms with van der Waals surface area (Å²) in [6.07, 6.45) is -0.00476. The number of primary amides is 1. The Labute approximate surface area is 213 Å². The number of nitrogens with one attached hydrogen (secondary N) is 1. The Morgan fingerprint density at radius 1 is 1.22 bits per heavy atom. The molecule has 1 atom stereocenters. The third-order valence-electron chi connectivity index (χ3n) is 6.44. The van der Waals surface area contributed by atoms with Crippen molar-refractivity contribution in [2.75, 3.05) is 38.7 Å². The van der Waals surface area contributed by atoms with Crippen molar-refractivity contribution in [2.45, 2.75) is 38.0 Å². The molecule has 1 saturated heterocycles. The minimum atomic E-state index is -4.39. The number of ether oxygens (including phenoxy) is 2. The first kappa shape index (κ1) is 26.6. The van der Waals surface area contributed by atoms with Gasteiger partial charge in [-0.05, 0) is 55.6 Å². The van der Waals surface area contributed by atoms with Gasteiger partial charge in [0.1, 0.15) is 17.9 Å². The summed E-state index contributed by atoms with van der Waals surface area (Å²) in [5.41, 5.74) is 6.10. The van der Waals surface area contributed by atoms with Crippen molar-refractivity contribution < 1.29 is 27.4 Å². The molecule has 2 heterocycles. The van der Waals surface area contributed by atoms with E-state index in [1.165, 1.54) is 18.5 Å². The highest BCUT2D eigenvalue weighted by atomic mass is 19.4. The predicted octanol–water partition coefficient (Wildman–Crippen LogP) is 4.24. The fraction of sp³-hybridized carbons (Fsp3) is 0.423. The van der Waals surface area contributed by atoms with Crippen LogP contribution in [0, 0.1) is 0 Å². The molecule has 2 aromatic carbocycles. The van der Waals surface area contributed by atoms with E-state index in [2.05, 4.69) is 20.2 Å². The van der Waals surface area contributed by atoms with Crippen LogP contribution in [0.2, 0.25) is 0 Å². The van der Waals surface area contributed by atoms with Crippen LogP contribution in [0.4, 0.5) is 19.0 Å². The molecule has 1 aliphatic rings.